The van der Waals surface area contributed by atoms with E-state index in [1.165, 1.54) is 0 Å². The van der Waals surface area contributed by atoms with Gasteiger partial charge in [0.1, 0.15) is 0 Å². The highest BCUT2D eigenvalue weighted by atomic mass is 32.2. The van der Waals surface area contributed by atoms with Crippen molar-refractivity contribution in [2.24, 2.45) is 0 Å². The summed E-state index contributed by atoms with van der Waals surface area (Å²) in [7, 11) is -5.04. The standard InChI is InChI=1S/C21H31N3O4S2/c1-18-6-10-20(11-7-18)29(25,26)22-14-4-16-24(3)17-5-15-23-30(27,28)21-12-8-19(2)9-13-21/h6-13,22-23H,4-5,14-17H2,1-3H3. The van der Waals surface area contributed by atoms with Crippen molar-refractivity contribution < 1.29 is 16.8 Å². The van der Waals surface area contributed by atoms with Crippen molar-refractivity contribution in [1.82, 2.24) is 14.3 Å². The maximum absolute atomic E-state index is 12.2. The first-order valence-electron chi connectivity index (χ1n) is 9.91. The average Bonchev–Trinajstić information content (AvgIpc) is 2.69. The van der Waals surface area contributed by atoms with E-state index in [1.54, 1.807) is 48.5 Å². The topological polar surface area (TPSA) is 95.6 Å². The van der Waals surface area contributed by atoms with Gasteiger partial charge in [0, 0.05) is 13.1 Å². The molecule has 0 aliphatic heterocycles. The Morgan fingerprint density at radius 1 is 0.667 bits per heavy atom. The van der Waals surface area contributed by atoms with Gasteiger partial charge in [-0.3, -0.25) is 0 Å². The fourth-order valence-corrected chi connectivity index (χ4v) is 4.97. The normalized spacial score (nSPS) is 12.4. The number of hydrogen-bond donors (Lipinski definition) is 2. The van der Waals surface area contributed by atoms with Gasteiger partial charge in [0.2, 0.25) is 20.0 Å². The van der Waals surface area contributed by atoms with Crippen LogP contribution in [0.3, 0.4) is 0 Å². The number of hydrogen-bond acceptors (Lipinski definition) is 5. The Morgan fingerprint density at radius 3 is 1.33 bits per heavy atom. The van der Waals surface area contributed by atoms with Crippen molar-refractivity contribution in [2.45, 2.75) is 36.5 Å². The lowest BCUT2D eigenvalue weighted by Gasteiger charge is -2.17. The van der Waals surface area contributed by atoms with Crippen LogP contribution in [0.5, 0.6) is 0 Å². The van der Waals surface area contributed by atoms with Crippen LogP contribution in [0.1, 0.15) is 24.0 Å². The second-order valence-corrected chi connectivity index (χ2v) is 11.0. The lowest BCUT2D eigenvalue weighted by Crippen LogP contribution is -2.31. The lowest BCUT2D eigenvalue weighted by atomic mass is 10.2. The van der Waals surface area contributed by atoms with Crippen LogP contribution in [0.15, 0.2) is 58.3 Å². The summed E-state index contributed by atoms with van der Waals surface area (Å²) < 4.78 is 54.2. The summed E-state index contributed by atoms with van der Waals surface area (Å²) in [6.45, 7) is 5.93. The van der Waals surface area contributed by atoms with Gasteiger partial charge >= 0.3 is 0 Å². The molecular weight excluding hydrogens is 422 g/mol. The zero-order valence-electron chi connectivity index (χ0n) is 17.8. The number of aryl methyl sites for hydroxylation is 2. The Balaban J connectivity index is 1.65. The van der Waals surface area contributed by atoms with Crippen molar-refractivity contribution in [1.29, 1.82) is 0 Å². The van der Waals surface area contributed by atoms with E-state index in [9.17, 15) is 16.8 Å². The minimum Gasteiger partial charge on any atom is -0.306 e. The first-order chi connectivity index (χ1) is 14.1. The van der Waals surface area contributed by atoms with Crippen LogP contribution >= 0.6 is 0 Å². The third-order valence-corrected chi connectivity index (χ3v) is 7.63. The van der Waals surface area contributed by atoms with Crippen LogP contribution in [0, 0.1) is 13.8 Å². The third kappa shape index (κ3) is 7.81. The molecule has 0 saturated heterocycles. The van der Waals surface area contributed by atoms with Crippen molar-refractivity contribution in [3.05, 3.63) is 59.7 Å². The molecule has 0 unspecified atom stereocenters. The van der Waals surface area contributed by atoms with Crippen LogP contribution in [0.2, 0.25) is 0 Å². The van der Waals surface area contributed by atoms with Gasteiger partial charge in [-0.05, 0) is 71.1 Å². The molecule has 0 fully saturated rings. The molecule has 2 aromatic rings. The molecule has 0 atom stereocenters. The highest BCUT2D eigenvalue weighted by molar-refractivity contribution is 7.89. The Labute approximate surface area is 180 Å². The van der Waals surface area contributed by atoms with E-state index < -0.39 is 20.0 Å². The molecule has 0 aliphatic rings. The van der Waals surface area contributed by atoms with Crippen LogP contribution in [-0.4, -0.2) is 55.0 Å². The van der Waals surface area contributed by atoms with Gasteiger partial charge in [-0.1, -0.05) is 35.4 Å². The molecule has 0 aliphatic carbocycles. The van der Waals surface area contributed by atoms with Crippen LogP contribution in [0.25, 0.3) is 0 Å². The minimum atomic E-state index is -3.49. The molecule has 0 heterocycles. The summed E-state index contributed by atoms with van der Waals surface area (Å²) in [5.41, 5.74) is 2.02. The Morgan fingerprint density at radius 2 is 1.00 bits per heavy atom. The number of benzene rings is 2. The zero-order chi connectivity index (χ0) is 22.2. The predicted octanol–water partition coefficient (Wildman–Crippen LogP) is 2.27. The number of nitrogens with one attached hydrogen (secondary N) is 2. The van der Waals surface area contributed by atoms with Crippen molar-refractivity contribution >= 4 is 20.0 Å². The van der Waals surface area contributed by atoms with E-state index in [0.29, 0.717) is 39.0 Å². The Bertz CT molecular complexity index is 920. The lowest BCUT2D eigenvalue weighted by molar-refractivity contribution is 0.325. The van der Waals surface area contributed by atoms with Crippen molar-refractivity contribution in [2.75, 3.05) is 33.2 Å². The molecule has 0 amide bonds. The number of nitrogens with zero attached hydrogens (tertiary/aromatic N) is 1. The van der Waals surface area contributed by atoms with Gasteiger partial charge in [-0.2, -0.15) is 0 Å². The van der Waals surface area contributed by atoms with Gasteiger partial charge in [0.25, 0.3) is 0 Å². The van der Waals surface area contributed by atoms with Gasteiger partial charge in [-0.25, -0.2) is 26.3 Å². The monoisotopic (exact) mass is 453 g/mol. The molecule has 0 radical (unpaired) electrons. The summed E-state index contributed by atoms with van der Waals surface area (Å²) in [4.78, 5) is 2.59. The Hall–Kier alpha value is -1.78. The zero-order valence-corrected chi connectivity index (χ0v) is 19.4. The smallest absolute Gasteiger partial charge is 0.240 e. The summed E-state index contributed by atoms with van der Waals surface area (Å²) in [5.74, 6) is 0. The maximum atomic E-state index is 12.2. The van der Waals surface area contributed by atoms with E-state index in [-0.39, 0.29) is 9.79 Å². The predicted molar refractivity (Wildman–Crippen MR) is 119 cm³/mol. The van der Waals surface area contributed by atoms with Crippen LogP contribution in [0.4, 0.5) is 0 Å². The van der Waals surface area contributed by atoms with Gasteiger partial charge < -0.3 is 4.90 Å². The molecule has 0 aromatic heterocycles. The van der Waals surface area contributed by atoms with E-state index in [0.717, 1.165) is 11.1 Å². The summed E-state index contributed by atoms with van der Waals surface area (Å²) >= 11 is 0. The van der Waals surface area contributed by atoms with E-state index >= 15 is 0 Å². The second-order valence-electron chi connectivity index (χ2n) is 7.43. The highest BCUT2D eigenvalue weighted by Gasteiger charge is 2.14. The highest BCUT2D eigenvalue weighted by Crippen LogP contribution is 2.10. The van der Waals surface area contributed by atoms with Gasteiger partial charge in [0.15, 0.2) is 0 Å². The SMILES string of the molecule is Cc1ccc(S(=O)(=O)NCCCN(C)CCCNS(=O)(=O)c2ccc(C)cc2)cc1. The van der Waals surface area contributed by atoms with Crippen molar-refractivity contribution in [3.63, 3.8) is 0 Å². The van der Waals surface area contributed by atoms with Gasteiger partial charge in [-0.15, -0.1) is 0 Å². The quantitative estimate of drug-likeness (QED) is 0.481. The summed E-state index contributed by atoms with van der Waals surface area (Å²) in [6.07, 6.45) is 1.33. The van der Waals surface area contributed by atoms with E-state index in [1.807, 2.05) is 20.9 Å². The first-order valence-corrected chi connectivity index (χ1v) is 12.9. The van der Waals surface area contributed by atoms with Crippen LogP contribution < -0.4 is 9.44 Å². The number of sulfonamides is 2. The fourth-order valence-electron chi connectivity index (χ4n) is 2.82. The van der Waals surface area contributed by atoms with E-state index in [2.05, 4.69) is 14.3 Å². The molecule has 2 rings (SSSR count). The van der Waals surface area contributed by atoms with Crippen LogP contribution in [-0.2, 0) is 20.0 Å². The molecule has 2 N–H and O–H groups in total. The first kappa shape index (κ1) is 24.5. The second kappa shape index (κ2) is 11.0. The minimum absolute atomic E-state index is 0.266. The van der Waals surface area contributed by atoms with Gasteiger partial charge in [0.05, 0.1) is 9.79 Å². The number of rotatable bonds is 12. The molecule has 9 heteroatoms. The fraction of sp³-hybridized carbons (Fsp3) is 0.429. The largest absolute Gasteiger partial charge is 0.306 e. The maximum Gasteiger partial charge on any atom is 0.240 e. The molecule has 7 nitrogen and oxygen atoms in total. The molecule has 0 spiro atoms. The molecule has 0 saturated carbocycles. The van der Waals surface area contributed by atoms with E-state index in [4.69, 9.17) is 0 Å². The molecule has 166 valence electrons. The average molecular weight is 454 g/mol. The van der Waals surface area contributed by atoms with Crippen molar-refractivity contribution in [3.8, 4) is 0 Å². The molecule has 30 heavy (non-hydrogen) atoms. The third-order valence-electron chi connectivity index (χ3n) is 4.68. The molecule has 2 aromatic carbocycles. The molecule has 0 bridgehead atoms. The summed E-state index contributed by atoms with van der Waals surface area (Å²) in [6, 6.07) is 13.5. The Kier molecular flexibility index (Phi) is 8.99. The summed E-state index contributed by atoms with van der Waals surface area (Å²) in [5, 5.41) is 0. The molecular formula is C21H31N3O4S2.